The third kappa shape index (κ3) is 4.07. The predicted molar refractivity (Wildman–Crippen MR) is 114 cm³/mol. The number of methoxy groups -OCH3 is 1. The average Bonchev–Trinajstić information content (AvgIpc) is 3.29. The molecule has 4 rings (SSSR count). The molecule has 1 heterocycles. The molecule has 0 aromatic heterocycles. The summed E-state index contributed by atoms with van der Waals surface area (Å²) in [5.41, 5.74) is 4.12. The highest BCUT2D eigenvalue weighted by atomic mass is 19.1. The number of carbonyl (C=O) groups is 1. The van der Waals surface area contributed by atoms with Crippen molar-refractivity contribution in [3.05, 3.63) is 101 Å². The molecule has 0 bridgehead atoms. The number of hydrogen-bond donors (Lipinski definition) is 1. The molecule has 0 radical (unpaired) electrons. The van der Waals surface area contributed by atoms with Gasteiger partial charge in [-0.3, -0.25) is 0 Å². The quantitative estimate of drug-likeness (QED) is 0.567. The molecule has 0 aliphatic carbocycles. The number of benzene rings is 3. The van der Waals surface area contributed by atoms with E-state index in [9.17, 15) is 9.18 Å². The molecule has 1 fully saturated rings. The molecule has 5 heteroatoms. The summed E-state index contributed by atoms with van der Waals surface area (Å²) in [4.78, 5) is 11.5. The van der Waals surface area contributed by atoms with Crippen LogP contribution in [0.25, 0.3) is 0 Å². The van der Waals surface area contributed by atoms with E-state index in [0.717, 1.165) is 35.2 Å². The van der Waals surface area contributed by atoms with Gasteiger partial charge in [0.25, 0.3) is 0 Å². The Morgan fingerprint density at radius 3 is 2.20 bits per heavy atom. The van der Waals surface area contributed by atoms with Gasteiger partial charge < -0.3 is 14.8 Å². The highest BCUT2D eigenvalue weighted by Crippen LogP contribution is 2.42. The number of halogens is 1. The standard InChI is InChI=1S/C25H24FNO3/c1-29-24(28)19-5-3-18(4-6-19)17-27-23-13-9-21(10-14-23)25(15-2-16-30-25)20-7-11-22(26)12-8-20/h3-14,27H,2,15-17H2,1H3. The van der Waals surface area contributed by atoms with Crippen molar-refractivity contribution >= 4 is 11.7 Å². The summed E-state index contributed by atoms with van der Waals surface area (Å²) in [6.45, 7) is 1.33. The topological polar surface area (TPSA) is 47.6 Å². The molecule has 1 atom stereocenters. The largest absolute Gasteiger partial charge is 0.465 e. The zero-order chi connectivity index (χ0) is 21.0. The van der Waals surface area contributed by atoms with Gasteiger partial charge in [0.2, 0.25) is 0 Å². The second-order valence-corrected chi connectivity index (χ2v) is 7.41. The number of rotatable bonds is 6. The minimum absolute atomic E-state index is 0.244. The number of hydrogen-bond acceptors (Lipinski definition) is 4. The first kappa shape index (κ1) is 20.1. The highest BCUT2D eigenvalue weighted by Gasteiger charge is 2.38. The lowest BCUT2D eigenvalue weighted by atomic mass is 9.84. The SMILES string of the molecule is COC(=O)c1ccc(CNc2ccc(C3(c4ccc(F)cc4)CCCO3)cc2)cc1. The monoisotopic (exact) mass is 405 g/mol. The number of esters is 1. The van der Waals surface area contributed by atoms with Crippen LogP contribution < -0.4 is 5.32 Å². The molecule has 0 spiro atoms. The van der Waals surface area contributed by atoms with Crippen LogP contribution in [0, 0.1) is 5.82 Å². The van der Waals surface area contributed by atoms with Gasteiger partial charge in [-0.1, -0.05) is 36.4 Å². The number of nitrogens with one attached hydrogen (secondary N) is 1. The van der Waals surface area contributed by atoms with Gasteiger partial charge in [-0.25, -0.2) is 9.18 Å². The fourth-order valence-corrected chi connectivity index (χ4v) is 3.92. The molecular formula is C25H24FNO3. The van der Waals surface area contributed by atoms with Crippen LogP contribution in [0.1, 0.15) is 39.9 Å². The van der Waals surface area contributed by atoms with Gasteiger partial charge in [-0.2, -0.15) is 0 Å². The molecule has 30 heavy (non-hydrogen) atoms. The molecule has 0 amide bonds. The van der Waals surface area contributed by atoms with E-state index in [1.165, 1.54) is 19.2 Å². The third-order valence-corrected chi connectivity index (χ3v) is 5.56. The molecule has 1 saturated heterocycles. The molecular weight excluding hydrogens is 381 g/mol. The molecule has 1 aliphatic heterocycles. The Hall–Kier alpha value is -3.18. The number of ether oxygens (including phenoxy) is 2. The first-order valence-electron chi connectivity index (χ1n) is 10.0. The molecule has 3 aromatic rings. The molecule has 0 saturated carbocycles. The van der Waals surface area contributed by atoms with Crippen LogP contribution in [0.4, 0.5) is 10.1 Å². The van der Waals surface area contributed by atoms with Gasteiger partial charge in [0.05, 0.1) is 12.7 Å². The van der Waals surface area contributed by atoms with Gasteiger partial charge in [0.15, 0.2) is 0 Å². The Bertz CT molecular complexity index is 992. The van der Waals surface area contributed by atoms with Crippen molar-refractivity contribution < 1.29 is 18.7 Å². The molecule has 154 valence electrons. The maximum absolute atomic E-state index is 13.4. The summed E-state index contributed by atoms with van der Waals surface area (Å²) >= 11 is 0. The Morgan fingerprint density at radius 2 is 1.63 bits per heavy atom. The van der Waals surface area contributed by atoms with Crippen molar-refractivity contribution in [1.82, 2.24) is 0 Å². The zero-order valence-corrected chi connectivity index (χ0v) is 16.9. The number of anilines is 1. The van der Waals surface area contributed by atoms with E-state index in [2.05, 4.69) is 17.4 Å². The molecule has 4 nitrogen and oxygen atoms in total. The third-order valence-electron chi connectivity index (χ3n) is 5.56. The summed E-state index contributed by atoms with van der Waals surface area (Å²) in [5.74, 6) is -0.583. The maximum atomic E-state index is 13.4. The molecule has 1 unspecified atom stereocenters. The summed E-state index contributed by atoms with van der Waals surface area (Å²) < 4.78 is 24.3. The lowest BCUT2D eigenvalue weighted by Gasteiger charge is -2.30. The van der Waals surface area contributed by atoms with Crippen LogP contribution in [0.3, 0.4) is 0 Å². The Kier molecular flexibility index (Phi) is 5.81. The van der Waals surface area contributed by atoms with Crippen molar-refractivity contribution in [2.75, 3.05) is 19.0 Å². The maximum Gasteiger partial charge on any atom is 0.337 e. The smallest absolute Gasteiger partial charge is 0.337 e. The second kappa shape index (κ2) is 8.67. The Labute approximate surface area is 175 Å². The average molecular weight is 405 g/mol. The van der Waals surface area contributed by atoms with Gasteiger partial charge in [0.1, 0.15) is 11.4 Å². The lowest BCUT2D eigenvalue weighted by molar-refractivity contribution is 0.0359. The first-order chi connectivity index (χ1) is 14.6. The van der Waals surface area contributed by atoms with E-state index in [1.54, 1.807) is 12.1 Å². The van der Waals surface area contributed by atoms with Crippen LogP contribution in [0.15, 0.2) is 72.8 Å². The second-order valence-electron chi connectivity index (χ2n) is 7.41. The number of carbonyl (C=O) groups excluding carboxylic acids is 1. The fraction of sp³-hybridized carbons (Fsp3) is 0.240. The van der Waals surface area contributed by atoms with E-state index in [0.29, 0.717) is 18.7 Å². The normalized spacial score (nSPS) is 18.2. The predicted octanol–water partition coefficient (Wildman–Crippen LogP) is 5.28. The summed E-state index contributed by atoms with van der Waals surface area (Å²) in [6, 6.07) is 22.1. The van der Waals surface area contributed by atoms with Gasteiger partial charge in [-0.05, 0) is 65.9 Å². The van der Waals surface area contributed by atoms with Crippen molar-refractivity contribution in [1.29, 1.82) is 0 Å². The zero-order valence-electron chi connectivity index (χ0n) is 16.9. The fourth-order valence-electron chi connectivity index (χ4n) is 3.92. The lowest BCUT2D eigenvalue weighted by Crippen LogP contribution is -2.26. The Morgan fingerprint density at radius 1 is 1.00 bits per heavy atom. The van der Waals surface area contributed by atoms with E-state index in [-0.39, 0.29) is 11.8 Å². The van der Waals surface area contributed by atoms with E-state index in [4.69, 9.17) is 9.47 Å². The minimum Gasteiger partial charge on any atom is -0.465 e. The van der Waals surface area contributed by atoms with E-state index < -0.39 is 5.60 Å². The van der Waals surface area contributed by atoms with E-state index in [1.807, 2.05) is 36.4 Å². The summed E-state index contributed by atoms with van der Waals surface area (Å²) in [6.07, 6.45) is 1.84. The van der Waals surface area contributed by atoms with Crippen LogP contribution >= 0.6 is 0 Å². The van der Waals surface area contributed by atoms with Gasteiger partial charge in [-0.15, -0.1) is 0 Å². The van der Waals surface area contributed by atoms with Crippen molar-refractivity contribution in [2.45, 2.75) is 25.0 Å². The van der Waals surface area contributed by atoms with Gasteiger partial charge >= 0.3 is 5.97 Å². The van der Waals surface area contributed by atoms with Crippen molar-refractivity contribution in [3.63, 3.8) is 0 Å². The van der Waals surface area contributed by atoms with E-state index >= 15 is 0 Å². The van der Waals surface area contributed by atoms with Crippen LogP contribution in [0.5, 0.6) is 0 Å². The molecule has 1 N–H and O–H groups in total. The highest BCUT2D eigenvalue weighted by molar-refractivity contribution is 5.89. The van der Waals surface area contributed by atoms with Crippen LogP contribution in [0.2, 0.25) is 0 Å². The summed E-state index contributed by atoms with van der Waals surface area (Å²) in [5, 5.41) is 3.39. The van der Waals surface area contributed by atoms with Crippen LogP contribution in [-0.4, -0.2) is 19.7 Å². The minimum atomic E-state index is -0.518. The van der Waals surface area contributed by atoms with Crippen molar-refractivity contribution in [3.8, 4) is 0 Å². The van der Waals surface area contributed by atoms with Gasteiger partial charge in [0, 0.05) is 18.8 Å². The Balaban J connectivity index is 1.47. The molecule has 3 aromatic carbocycles. The van der Waals surface area contributed by atoms with Crippen LogP contribution in [-0.2, 0) is 21.6 Å². The summed E-state index contributed by atoms with van der Waals surface area (Å²) in [7, 11) is 1.37. The molecule has 1 aliphatic rings. The first-order valence-corrected chi connectivity index (χ1v) is 10.0. The van der Waals surface area contributed by atoms with Crippen molar-refractivity contribution in [2.24, 2.45) is 0 Å².